The van der Waals surface area contributed by atoms with Crippen molar-refractivity contribution >= 4 is 12.1 Å². The van der Waals surface area contributed by atoms with Crippen LogP contribution < -0.4 is 10.1 Å². The predicted octanol–water partition coefficient (Wildman–Crippen LogP) is 0.715. The maximum atomic E-state index is 11.1. The van der Waals surface area contributed by atoms with Crippen molar-refractivity contribution in [3.63, 3.8) is 0 Å². The second-order valence-corrected chi connectivity index (χ2v) is 3.53. The van der Waals surface area contributed by atoms with Gasteiger partial charge in [0.25, 0.3) is 0 Å². The third kappa shape index (κ3) is 3.43. The molecular weight excluding hydrogens is 222 g/mol. The van der Waals surface area contributed by atoms with E-state index in [0.717, 1.165) is 17.9 Å². The van der Waals surface area contributed by atoms with E-state index in [4.69, 9.17) is 14.3 Å². The molecule has 0 saturated carbocycles. The van der Waals surface area contributed by atoms with Crippen molar-refractivity contribution in [3.05, 3.63) is 29.8 Å². The van der Waals surface area contributed by atoms with Gasteiger partial charge in [0, 0.05) is 18.9 Å². The summed E-state index contributed by atoms with van der Waals surface area (Å²) in [5, 5.41) is 2.82. The normalized spacial score (nSPS) is 17.5. The summed E-state index contributed by atoms with van der Waals surface area (Å²) in [6.45, 7) is 0.721. The molecule has 0 spiro atoms. The number of carbonyl (C=O) groups is 1. The molecule has 0 bridgehead atoms. The topological polar surface area (TPSA) is 72.5 Å². The maximum Gasteiger partial charge on any atom is 0.373 e. The molecule has 5 nitrogen and oxygen atoms in total. The Bertz CT molecular complexity index is 424. The van der Waals surface area contributed by atoms with E-state index in [1.807, 2.05) is 24.3 Å². The van der Waals surface area contributed by atoms with Crippen molar-refractivity contribution in [2.24, 2.45) is 0 Å². The molecule has 1 atom stereocenters. The largest absolute Gasteiger partial charge is 0.496 e. The van der Waals surface area contributed by atoms with Gasteiger partial charge in [0.2, 0.25) is 5.91 Å². The molecular formula is C12H13NO4. The number of para-hydroxylation sites is 1. The third-order valence-electron chi connectivity index (χ3n) is 2.56. The van der Waals surface area contributed by atoms with Gasteiger partial charge in [-0.1, -0.05) is 18.2 Å². The van der Waals surface area contributed by atoms with Gasteiger partial charge in [-0.15, -0.1) is 0 Å². The Morgan fingerprint density at radius 3 is 2.53 bits per heavy atom. The van der Waals surface area contributed by atoms with Crippen molar-refractivity contribution in [1.82, 2.24) is 5.32 Å². The Labute approximate surface area is 98.8 Å². The first kappa shape index (κ1) is 12.9. The molecule has 1 amide bonds. The first-order chi connectivity index (χ1) is 8.22. The van der Waals surface area contributed by atoms with Crippen LogP contribution in [0.1, 0.15) is 17.9 Å². The van der Waals surface area contributed by atoms with Crippen LogP contribution in [0.2, 0.25) is 0 Å². The van der Waals surface area contributed by atoms with Gasteiger partial charge in [-0.05, 0) is 11.6 Å². The fourth-order valence-electron chi connectivity index (χ4n) is 1.83. The fourth-order valence-corrected chi connectivity index (χ4v) is 1.83. The maximum absolute atomic E-state index is 11.1. The van der Waals surface area contributed by atoms with Gasteiger partial charge >= 0.3 is 6.15 Å². The fraction of sp³-hybridized carbons (Fsp3) is 0.333. The number of ether oxygens (including phenoxy) is 1. The molecule has 0 radical (unpaired) electrons. The van der Waals surface area contributed by atoms with Gasteiger partial charge in [-0.2, -0.15) is 9.59 Å². The summed E-state index contributed by atoms with van der Waals surface area (Å²) >= 11 is 0. The lowest BCUT2D eigenvalue weighted by Crippen LogP contribution is -2.13. The molecule has 0 aromatic heterocycles. The van der Waals surface area contributed by atoms with Gasteiger partial charge in [0.1, 0.15) is 5.75 Å². The molecule has 1 aromatic rings. The summed E-state index contributed by atoms with van der Waals surface area (Å²) in [7, 11) is 1.66. The Morgan fingerprint density at radius 1 is 1.35 bits per heavy atom. The highest BCUT2D eigenvalue weighted by Crippen LogP contribution is 2.30. The highest BCUT2D eigenvalue weighted by molar-refractivity contribution is 5.79. The Kier molecular flexibility index (Phi) is 4.91. The van der Waals surface area contributed by atoms with Crippen LogP contribution in [0.15, 0.2) is 24.3 Å². The molecule has 1 aromatic carbocycles. The van der Waals surface area contributed by atoms with E-state index in [1.165, 1.54) is 0 Å². The summed E-state index contributed by atoms with van der Waals surface area (Å²) in [6.07, 6.45) is 0.820. The van der Waals surface area contributed by atoms with Gasteiger partial charge in [-0.3, -0.25) is 4.79 Å². The third-order valence-corrected chi connectivity index (χ3v) is 2.56. The van der Waals surface area contributed by atoms with Crippen molar-refractivity contribution in [2.75, 3.05) is 13.7 Å². The summed E-state index contributed by atoms with van der Waals surface area (Å²) in [5.74, 6) is 1.26. The van der Waals surface area contributed by atoms with E-state index in [-0.39, 0.29) is 18.0 Å². The Balaban J connectivity index is 0.000000437. The van der Waals surface area contributed by atoms with Crippen LogP contribution in [-0.4, -0.2) is 25.7 Å². The van der Waals surface area contributed by atoms with Crippen molar-refractivity contribution in [2.45, 2.75) is 12.3 Å². The summed E-state index contributed by atoms with van der Waals surface area (Å²) in [5.41, 5.74) is 1.12. The van der Waals surface area contributed by atoms with E-state index < -0.39 is 0 Å². The molecule has 2 rings (SSSR count). The first-order valence-corrected chi connectivity index (χ1v) is 5.11. The quantitative estimate of drug-likeness (QED) is 0.819. The smallest absolute Gasteiger partial charge is 0.373 e. The van der Waals surface area contributed by atoms with Crippen LogP contribution in [0.25, 0.3) is 0 Å². The monoisotopic (exact) mass is 235 g/mol. The minimum absolute atomic E-state index is 0.126. The number of methoxy groups -OCH3 is 1. The number of amides is 1. The van der Waals surface area contributed by atoms with Crippen LogP contribution >= 0.6 is 0 Å². The number of carbonyl (C=O) groups excluding carboxylic acids is 3. The average Bonchev–Trinajstić information content (AvgIpc) is 2.77. The molecule has 0 unspecified atom stereocenters. The molecule has 1 N–H and O–H groups in total. The standard InChI is InChI=1S/C11H13NO2.CO2/c1-14-10-5-3-2-4-9(10)8-6-11(13)12-7-8;2-1-3/h2-5,8H,6-7H2,1H3,(H,12,13);/t8-;/m1./s1. The van der Waals surface area contributed by atoms with Gasteiger partial charge < -0.3 is 10.1 Å². The predicted molar refractivity (Wildman–Crippen MR) is 58.4 cm³/mol. The highest BCUT2D eigenvalue weighted by atomic mass is 16.5. The second kappa shape index (κ2) is 6.45. The zero-order valence-electron chi connectivity index (χ0n) is 9.43. The molecule has 1 aliphatic rings. The van der Waals surface area contributed by atoms with E-state index in [1.54, 1.807) is 7.11 Å². The zero-order chi connectivity index (χ0) is 12.7. The van der Waals surface area contributed by atoms with Crippen LogP contribution in [0, 0.1) is 0 Å². The average molecular weight is 235 g/mol. The van der Waals surface area contributed by atoms with E-state index in [9.17, 15) is 4.79 Å². The lowest BCUT2D eigenvalue weighted by molar-refractivity contribution is -0.191. The van der Waals surface area contributed by atoms with Gasteiger partial charge in [-0.25, -0.2) is 0 Å². The van der Waals surface area contributed by atoms with E-state index >= 15 is 0 Å². The number of rotatable bonds is 2. The molecule has 0 aliphatic carbocycles. The molecule has 5 heteroatoms. The Morgan fingerprint density at radius 2 is 2.00 bits per heavy atom. The number of hydrogen-bond acceptors (Lipinski definition) is 4. The van der Waals surface area contributed by atoms with Crippen LogP contribution in [0.4, 0.5) is 0 Å². The molecule has 90 valence electrons. The lowest BCUT2D eigenvalue weighted by Gasteiger charge is -2.12. The van der Waals surface area contributed by atoms with Crippen molar-refractivity contribution in [1.29, 1.82) is 0 Å². The minimum Gasteiger partial charge on any atom is -0.496 e. The van der Waals surface area contributed by atoms with Crippen molar-refractivity contribution < 1.29 is 19.1 Å². The molecule has 17 heavy (non-hydrogen) atoms. The highest BCUT2D eigenvalue weighted by Gasteiger charge is 2.24. The molecule has 1 heterocycles. The van der Waals surface area contributed by atoms with Crippen LogP contribution in [0.5, 0.6) is 5.75 Å². The molecule has 1 fully saturated rings. The van der Waals surface area contributed by atoms with E-state index in [0.29, 0.717) is 6.42 Å². The van der Waals surface area contributed by atoms with Crippen molar-refractivity contribution in [3.8, 4) is 5.75 Å². The van der Waals surface area contributed by atoms with E-state index in [2.05, 4.69) is 5.32 Å². The molecule has 1 saturated heterocycles. The zero-order valence-corrected chi connectivity index (χ0v) is 9.43. The first-order valence-electron chi connectivity index (χ1n) is 5.11. The minimum atomic E-state index is 0.126. The lowest BCUT2D eigenvalue weighted by atomic mass is 9.97. The second-order valence-electron chi connectivity index (χ2n) is 3.53. The van der Waals surface area contributed by atoms with Gasteiger partial charge in [0.05, 0.1) is 7.11 Å². The number of nitrogens with one attached hydrogen (secondary N) is 1. The summed E-state index contributed by atoms with van der Waals surface area (Å²) in [6, 6.07) is 7.86. The van der Waals surface area contributed by atoms with Gasteiger partial charge in [0.15, 0.2) is 0 Å². The Hall–Kier alpha value is -2.13. The summed E-state index contributed by atoms with van der Waals surface area (Å²) < 4.78 is 5.25. The van der Waals surface area contributed by atoms with Crippen LogP contribution in [-0.2, 0) is 14.4 Å². The SMILES string of the molecule is COc1ccccc1[C@H]1CNC(=O)C1.O=C=O. The molecule has 1 aliphatic heterocycles. The summed E-state index contributed by atoms with van der Waals surface area (Å²) in [4.78, 5) is 27.3. The van der Waals surface area contributed by atoms with Crippen LogP contribution in [0.3, 0.4) is 0 Å². The number of benzene rings is 1. The number of hydrogen-bond donors (Lipinski definition) is 1.